The molecule has 1 aromatic carbocycles. The molecular formula is C20H32N4O3. The molecule has 1 unspecified atom stereocenters. The third-order valence-electron chi connectivity index (χ3n) is 4.80. The van der Waals surface area contributed by atoms with Crippen LogP contribution in [0.5, 0.6) is 11.5 Å². The van der Waals surface area contributed by atoms with Gasteiger partial charge in [-0.2, -0.15) is 0 Å². The number of nitrogens with zero attached hydrogens (tertiary/aromatic N) is 2. The maximum Gasteiger partial charge on any atom is 0.220 e. The molecule has 2 N–H and O–H groups in total. The monoisotopic (exact) mass is 376 g/mol. The van der Waals surface area contributed by atoms with Gasteiger partial charge in [-0.3, -0.25) is 9.79 Å². The minimum atomic E-state index is -0.0142. The van der Waals surface area contributed by atoms with Crippen LogP contribution in [0.25, 0.3) is 0 Å². The van der Waals surface area contributed by atoms with E-state index in [0.29, 0.717) is 18.9 Å². The summed E-state index contributed by atoms with van der Waals surface area (Å²) in [6, 6.07) is 7.61. The lowest BCUT2D eigenvalue weighted by Crippen LogP contribution is -2.48. The number of methoxy groups -OCH3 is 1. The molecule has 150 valence electrons. The van der Waals surface area contributed by atoms with Crippen molar-refractivity contribution in [3.8, 4) is 11.5 Å². The Morgan fingerprint density at radius 1 is 1.33 bits per heavy atom. The molecule has 0 radical (unpaired) electrons. The van der Waals surface area contributed by atoms with Gasteiger partial charge < -0.3 is 25.0 Å². The number of ether oxygens (including phenoxy) is 2. The molecule has 7 heteroatoms. The largest absolute Gasteiger partial charge is 0.497 e. The summed E-state index contributed by atoms with van der Waals surface area (Å²) in [5, 5.41) is 6.10. The molecule has 1 aliphatic rings. The van der Waals surface area contributed by atoms with E-state index in [1.807, 2.05) is 31.2 Å². The van der Waals surface area contributed by atoms with Crippen LogP contribution in [0.15, 0.2) is 29.3 Å². The van der Waals surface area contributed by atoms with Crippen molar-refractivity contribution in [2.45, 2.75) is 32.3 Å². The number of amides is 1. The van der Waals surface area contributed by atoms with Gasteiger partial charge in [0.05, 0.1) is 13.7 Å². The van der Waals surface area contributed by atoms with Gasteiger partial charge in [0.25, 0.3) is 0 Å². The molecule has 0 aromatic heterocycles. The second kappa shape index (κ2) is 10.6. The van der Waals surface area contributed by atoms with Crippen molar-refractivity contribution in [1.82, 2.24) is 15.5 Å². The first-order valence-electron chi connectivity index (χ1n) is 9.52. The number of nitrogens with one attached hydrogen (secondary N) is 2. The van der Waals surface area contributed by atoms with Crippen LogP contribution < -0.4 is 20.1 Å². The van der Waals surface area contributed by atoms with E-state index in [9.17, 15) is 4.79 Å². The van der Waals surface area contributed by atoms with Crippen LogP contribution in [0.1, 0.15) is 26.2 Å². The molecule has 1 aromatic rings. The molecular weight excluding hydrogens is 344 g/mol. The molecule has 1 atom stereocenters. The van der Waals surface area contributed by atoms with E-state index in [1.165, 1.54) is 0 Å². The van der Waals surface area contributed by atoms with Gasteiger partial charge in [-0.25, -0.2) is 0 Å². The van der Waals surface area contributed by atoms with Crippen molar-refractivity contribution in [2.75, 3.05) is 40.8 Å². The Kier molecular flexibility index (Phi) is 8.23. The second-order valence-corrected chi connectivity index (χ2v) is 6.84. The average Bonchev–Trinajstić information content (AvgIpc) is 2.69. The number of carbonyl (C=O) groups excluding carboxylic acids is 1. The van der Waals surface area contributed by atoms with Gasteiger partial charge in [0.2, 0.25) is 5.91 Å². The molecule has 2 rings (SSSR count). The van der Waals surface area contributed by atoms with Gasteiger partial charge in [0, 0.05) is 39.7 Å². The van der Waals surface area contributed by atoms with E-state index in [0.717, 1.165) is 43.4 Å². The van der Waals surface area contributed by atoms with Crippen molar-refractivity contribution < 1.29 is 14.3 Å². The van der Waals surface area contributed by atoms with Crippen LogP contribution in [-0.4, -0.2) is 63.7 Å². The fourth-order valence-electron chi connectivity index (χ4n) is 3.23. The van der Waals surface area contributed by atoms with Gasteiger partial charge in [-0.05, 0) is 37.8 Å². The number of carbonyl (C=O) groups is 1. The third kappa shape index (κ3) is 6.66. The molecule has 27 heavy (non-hydrogen) atoms. The molecule has 1 aliphatic heterocycles. The lowest BCUT2D eigenvalue weighted by molar-refractivity contribution is -0.121. The highest BCUT2D eigenvalue weighted by molar-refractivity contribution is 5.80. The summed E-state index contributed by atoms with van der Waals surface area (Å²) < 4.78 is 11.2. The van der Waals surface area contributed by atoms with E-state index in [1.54, 1.807) is 21.2 Å². The lowest BCUT2D eigenvalue weighted by atomic mass is 9.93. The maximum atomic E-state index is 11.5. The van der Waals surface area contributed by atoms with Crippen LogP contribution in [0.2, 0.25) is 0 Å². The molecule has 0 aliphatic carbocycles. The van der Waals surface area contributed by atoms with E-state index < -0.39 is 0 Å². The Morgan fingerprint density at radius 3 is 2.67 bits per heavy atom. The Labute approximate surface area is 162 Å². The van der Waals surface area contributed by atoms with Crippen LogP contribution in [-0.2, 0) is 4.79 Å². The highest BCUT2D eigenvalue weighted by atomic mass is 16.5. The fourth-order valence-corrected chi connectivity index (χ4v) is 3.23. The van der Waals surface area contributed by atoms with Gasteiger partial charge in [0.15, 0.2) is 5.96 Å². The Morgan fingerprint density at radius 2 is 2.04 bits per heavy atom. The minimum Gasteiger partial charge on any atom is -0.497 e. The van der Waals surface area contributed by atoms with Gasteiger partial charge >= 0.3 is 0 Å². The van der Waals surface area contributed by atoms with Gasteiger partial charge in [-0.1, -0.05) is 6.07 Å². The first-order valence-corrected chi connectivity index (χ1v) is 9.52. The van der Waals surface area contributed by atoms with Crippen molar-refractivity contribution in [2.24, 2.45) is 10.9 Å². The predicted molar refractivity (Wildman–Crippen MR) is 107 cm³/mol. The highest BCUT2D eigenvalue weighted by Gasteiger charge is 2.23. The maximum absolute atomic E-state index is 11.5. The average molecular weight is 377 g/mol. The van der Waals surface area contributed by atoms with Crippen LogP contribution in [0.3, 0.4) is 0 Å². The number of benzene rings is 1. The quantitative estimate of drug-likeness (QED) is 0.561. The van der Waals surface area contributed by atoms with E-state index in [4.69, 9.17) is 9.47 Å². The Bertz CT molecular complexity index is 627. The lowest BCUT2D eigenvalue weighted by Gasteiger charge is -2.34. The van der Waals surface area contributed by atoms with E-state index in [-0.39, 0.29) is 12.0 Å². The zero-order valence-corrected chi connectivity index (χ0v) is 16.8. The number of hydrogen-bond acceptors (Lipinski definition) is 4. The number of likely N-dealkylation sites (tertiary alicyclic amines) is 1. The Balaban J connectivity index is 1.77. The molecule has 1 fully saturated rings. The van der Waals surface area contributed by atoms with Crippen molar-refractivity contribution >= 4 is 11.9 Å². The first-order chi connectivity index (χ1) is 13.0. The Hall–Kier alpha value is -2.44. The van der Waals surface area contributed by atoms with Crippen molar-refractivity contribution in [1.29, 1.82) is 0 Å². The molecule has 1 amide bonds. The number of hydrogen-bond donors (Lipinski definition) is 2. The summed E-state index contributed by atoms with van der Waals surface area (Å²) in [7, 11) is 5.14. The predicted octanol–water partition coefficient (Wildman–Crippen LogP) is 1.89. The fraction of sp³-hybridized carbons (Fsp3) is 0.600. The summed E-state index contributed by atoms with van der Waals surface area (Å²) in [5.41, 5.74) is 0. The number of piperidine rings is 1. The smallest absolute Gasteiger partial charge is 0.220 e. The molecule has 0 saturated carbocycles. The summed E-state index contributed by atoms with van der Waals surface area (Å²) in [5.74, 6) is 3.03. The molecule has 7 nitrogen and oxygen atoms in total. The minimum absolute atomic E-state index is 0.0142. The van der Waals surface area contributed by atoms with Crippen molar-refractivity contribution in [3.05, 3.63) is 24.3 Å². The van der Waals surface area contributed by atoms with Gasteiger partial charge in [0.1, 0.15) is 17.6 Å². The standard InChI is InChI=1S/C20H32N4O3/c1-15(27-18-7-5-6-17(13-18)26-4)14-23-20(22-3)24-10-8-16(9-11-24)12-19(25)21-2/h5-7,13,15-16H,8-12,14H2,1-4H3,(H,21,25)(H,22,23). The van der Waals surface area contributed by atoms with Crippen LogP contribution >= 0.6 is 0 Å². The third-order valence-corrected chi connectivity index (χ3v) is 4.80. The summed E-state index contributed by atoms with van der Waals surface area (Å²) in [6.45, 7) is 4.50. The van der Waals surface area contributed by atoms with E-state index >= 15 is 0 Å². The topological polar surface area (TPSA) is 75.2 Å². The highest BCUT2D eigenvalue weighted by Crippen LogP contribution is 2.21. The molecule has 1 saturated heterocycles. The summed E-state index contributed by atoms with van der Waals surface area (Å²) in [6.07, 6.45) is 2.61. The van der Waals surface area contributed by atoms with Crippen LogP contribution in [0.4, 0.5) is 0 Å². The van der Waals surface area contributed by atoms with Crippen LogP contribution in [0, 0.1) is 5.92 Å². The molecule has 0 bridgehead atoms. The number of guanidine groups is 1. The number of aliphatic imine (C=N–C) groups is 1. The summed E-state index contributed by atoms with van der Waals surface area (Å²) >= 11 is 0. The summed E-state index contributed by atoms with van der Waals surface area (Å²) in [4.78, 5) is 18.2. The zero-order valence-electron chi connectivity index (χ0n) is 16.8. The van der Waals surface area contributed by atoms with Crippen molar-refractivity contribution in [3.63, 3.8) is 0 Å². The SMILES string of the molecule is CN=C(NCC(C)Oc1cccc(OC)c1)N1CCC(CC(=O)NC)CC1. The first kappa shape index (κ1) is 20.9. The molecule has 0 spiro atoms. The molecule has 1 heterocycles. The zero-order chi connectivity index (χ0) is 19.6. The normalized spacial score (nSPS) is 16.6. The van der Waals surface area contributed by atoms with E-state index in [2.05, 4.69) is 20.5 Å². The number of rotatable bonds is 7. The van der Waals surface area contributed by atoms with Gasteiger partial charge in [-0.15, -0.1) is 0 Å². The second-order valence-electron chi connectivity index (χ2n) is 6.84.